The summed E-state index contributed by atoms with van der Waals surface area (Å²) in [5.41, 5.74) is 0.846. The lowest BCUT2D eigenvalue weighted by Crippen LogP contribution is -2.04. The van der Waals surface area contributed by atoms with Crippen molar-refractivity contribution in [1.29, 1.82) is 0 Å². The molecule has 0 atom stereocenters. The highest BCUT2D eigenvalue weighted by atomic mass is 32.1. The fraction of sp³-hybridized carbons (Fsp3) is 0.462. The standard InChI is InChI=1S/C13H18N4O2S/c18-12(19)4-3-11-9-20-13(16-11)15-5-1-2-7-17-8-6-14-10-17/h6,8-10H,1-5,7H2,(H,15,16)(H,18,19). The van der Waals surface area contributed by atoms with Gasteiger partial charge in [0, 0.05) is 37.3 Å². The number of carboxylic acid groups (broad SMARTS) is 1. The highest BCUT2D eigenvalue weighted by molar-refractivity contribution is 7.13. The second-order valence-electron chi connectivity index (χ2n) is 4.47. The largest absolute Gasteiger partial charge is 0.481 e. The predicted molar refractivity (Wildman–Crippen MR) is 78.0 cm³/mol. The number of unbranched alkanes of at least 4 members (excludes halogenated alkanes) is 1. The predicted octanol–water partition coefficient (Wildman–Crippen LogP) is 2.25. The maximum atomic E-state index is 10.5. The number of aromatic nitrogens is 3. The number of nitrogens with zero attached hydrogens (tertiary/aromatic N) is 3. The highest BCUT2D eigenvalue weighted by Crippen LogP contribution is 2.16. The molecule has 0 saturated heterocycles. The summed E-state index contributed by atoms with van der Waals surface area (Å²) in [6.45, 7) is 1.85. The molecule has 0 bridgehead atoms. The Morgan fingerprint density at radius 1 is 1.45 bits per heavy atom. The fourth-order valence-electron chi connectivity index (χ4n) is 1.77. The second kappa shape index (κ2) is 7.64. The molecule has 7 heteroatoms. The van der Waals surface area contributed by atoms with Gasteiger partial charge in [0.05, 0.1) is 18.4 Å². The first-order valence-electron chi connectivity index (χ1n) is 6.60. The van der Waals surface area contributed by atoms with Crippen LogP contribution in [0.1, 0.15) is 25.0 Å². The molecule has 0 aliphatic heterocycles. The Hall–Kier alpha value is -1.89. The lowest BCUT2D eigenvalue weighted by Gasteiger charge is -2.03. The average Bonchev–Trinajstić information content (AvgIpc) is 3.07. The van der Waals surface area contributed by atoms with Crippen LogP contribution in [-0.4, -0.2) is 32.2 Å². The van der Waals surface area contributed by atoms with Crippen LogP contribution >= 0.6 is 11.3 Å². The van der Waals surface area contributed by atoms with Gasteiger partial charge < -0.3 is 15.0 Å². The molecule has 6 nitrogen and oxygen atoms in total. The van der Waals surface area contributed by atoms with Crippen LogP contribution in [0.25, 0.3) is 0 Å². The maximum absolute atomic E-state index is 10.5. The number of imidazole rings is 1. The number of aliphatic carboxylic acids is 1. The zero-order chi connectivity index (χ0) is 14.2. The molecule has 2 heterocycles. The Morgan fingerprint density at radius 2 is 2.35 bits per heavy atom. The Bertz CT molecular complexity index is 524. The smallest absolute Gasteiger partial charge is 0.303 e. The van der Waals surface area contributed by atoms with Gasteiger partial charge in [-0.3, -0.25) is 4.79 Å². The maximum Gasteiger partial charge on any atom is 0.303 e. The summed E-state index contributed by atoms with van der Waals surface area (Å²) in [7, 11) is 0. The molecule has 2 aromatic heterocycles. The van der Waals surface area contributed by atoms with E-state index < -0.39 is 5.97 Å². The number of hydrogen-bond acceptors (Lipinski definition) is 5. The van der Waals surface area contributed by atoms with E-state index >= 15 is 0 Å². The molecule has 0 saturated carbocycles. The van der Waals surface area contributed by atoms with Gasteiger partial charge in [-0.25, -0.2) is 9.97 Å². The summed E-state index contributed by atoms with van der Waals surface area (Å²) in [4.78, 5) is 18.8. The van der Waals surface area contributed by atoms with Crippen LogP contribution in [0.15, 0.2) is 24.1 Å². The number of carbonyl (C=O) groups is 1. The molecule has 0 aromatic carbocycles. The number of carboxylic acids is 1. The molecule has 2 aromatic rings. The van der Waals surface area contributed by atoms with E-state index in [2.05, 4.69) is 19.9 Å². The average molecular weight is 294 g/mol. The van der Waals surface area contributed by atoms with Crippen molar-refractivity contribution in [3.63, 3.8) is 0 Å². The van der Waals surface area contributed by atoms with Crippen LogP contribution in [0.3, 0.4) is 0 Å². The van der Waals surface area contributed by atoms with Crippen molar-refractivity contribution in [1.82, 2.24) is 14.5 Å². The molecule has 0 aliphatic rings. The topological polar surface area (TPSA) is 80.0 Å². The first-order valence-corrected chi connectivity index (χ1v) is 7.48. The van der Waals surface area contributed by atoms with Gasteiger partial charge in [0.2, 0.25) is 0 Å². The molecule has 0 aliphatic carbocycles. The van der Waals surface area contributed by atoms with Gasteiger partial charge in [-0.05, 0) is 12.8 Å². The quantitative estimate of drug-likeness (QED) is 0.693. The summed E-state index contributed by atoms with van der Waals surface area (Å²) >= 11 is 1.53. The van der Waals surface area contributed by atoms with Gasteiger partial charge in [-0.2, -0.15) is 0 Å². The Kier molecular flexibility index (Phi) is 5.55. The Morgan fingerprint density at radius 3 is 3.10 bits per heavy atom. The summed E-state index contributed by atoms with van der Waals surface area (Å²) in [5.74, 6) is -0.785. The summed E-state index contributed by atoms with van der Waals surface area (Å²) in [6, 6.07) is 0. The molecular formula is C13H18N4O2S. The molecule has 0 radical (unpaired) electrons. The normalized spacial score (nSPS) is 10.6. The number of nitrogens with one attached hydrogen (secondary N) is 1. The molecule has 2 N–H and O–H groups in total. The minimum absolute atomic E-state index is 0.133. The third-order valence-corrected chi connectivity index (χ3v) is 3.67. The Labute approximate surface area is 121 Å². The van der Waals surface area contributed by atoms with Crippen molar-refractivity contribution < 1.29 is 9.90 Å². The highest BCUT2D eigenvalue weighted by Gasteiger charge is 2.04. The molecule has 0 amide bonds. The van der Waals surface area contributed by atoms with Gasteiger partial charge in [0.1, 0.15) is 0 Å². The van der Waals surface area contributed by atoms with E-state index in [1.807, 2.05) is 17.9 Å². The van der Waals surface area contributed by atoms with E-state index in [9.17, 15) is 4.79 Å². The van der Waals surface area contributed by atoms with Gasteiger partial charge >= 0.3 is 5.97 Å². The van der Waals surface area contributed by atoms with E-state index in [0.29, 0.717) is 6.42 Å². The van der Waals surface area contributed by atoms with Crippen LogP contribution < -0.4 is 5.32 Å². The second-order valence-corrected chi connectivity index (χ2v) is 5.33. The number of anilines is 1. The number of thiazole rings is 1. The minimum atomic E-state index is -0.785. The molecule has 0 unspecified atom stereocenters. The van der Waals surface area contributed by atoms with E-state index in [1.165, 1.54) is 11.3 Å². The van der Waals surface area contributed by atoms with Gasteiger partial charge in [0.25, 0.3) is 0 Å². The monoisotopic (exact) mass is 294 g/mol. The lowest BCUT2D eigenvalue weighted by molar-refractivity contribution is -0.136. The number of rotatable bonds is 9. The third-order valence-electron chi connectivity index (χ3n) is 2.83. The first kappa shape index (κ1) is 14.5. The van der Waals surface area contributed by atoms with Crippen molar-refractivity contribution in [3.05, 3.63) is 29.8 Å². The molecule has 108 valence electrons. The zero-order valence-electron chi connectivity index (χ0n) is 11.2. The van der Waals surface area contributed by atoms with Crippen LogP contribution in [-0.2, 0) is 17.8 Å². The summed E-state index contributed by atoms with van der Waals surface area (Å²) < 4.78 is 2.06. The minimum Gasteiger partial charge on any atom is -0.481 e. The first-order chi connectivity index (χ1) is 9.74. The SMILES string of the molecule is O=C(O)CCc1csc(NCCCCn2ccnc2)n1. The van der Waals surface area contributed by atoms with Crippen molar-refractivity contribution in [2.24, 2.45) is 0 Å². The molecule has 20 heavy (non-hydrogen) atoms. The van der Waals surface area contributed by atoms with Crippen molar-refractivity contribution in [3.8, 4) is 0 Å². The van der Waals surface area contributed by atoms with Gasteiger partial charge in [-0.15, -0.1) is 11.3 Å². The van der Waals surface area contributed by atoms with Gasteiger partial charge in [0.15, 0.2) is 5.13 Å². The van der Waals surface area contributed by atoms with Crippen molar-refractivity contribution >= 4 is 22.4 Å². The van der Waals surface area contributed by atoms with E-state index in [0.717, 1.165) is 36.8 Å². The van der Waals surface area contributed by atoms with Crippen LogP contribution in [0, 0.1) is 0 Å². The van der Waals surface area contributed by atoms with Gasteiger partial charge in [-0.1, -0.05) is 0 Å². The summed E-state index contributed by atoms with van der Waals surface area (Å²) in [6.07, 6.45) is 8.34. The fourth-order valence-corrected chi connectivity index (χ4v) is 2.55. The van der Waals surface area contributed by atoms with E-state index in [1.54, 1.807) is 6.20 Å². The molecule has 2 rings (SSSR count). The van der Waals surface area contributed by atoms with E-state index in [4.69, 9.17) is 5.11 Å². The van der Waals surface area contributed by atoms with Crippen molar-refractivity contribution in [2.75, 3.05) is 11.9 Å². The van der Waals surface area contributed by atoms with E-state index in [-0.39, 0.29) is 6.42 Å². The molecule has 0 spiro atoms. The third kappa shape index (κ3) is 5.00. The zero-order valence-corrected chi connectivity index (χ0v) is 12.0. The molecular weight excluding hydrogens is 276 g/mol. The van der Waals surface area contributed by atoms with Crippen LogP contribution in [0.2, 0.25) is 0 Å². The summed E-state index contributed by atoms with van der Waals surface area (Å²) in [5, 5.41) is 14.7. The van der Waals surface area contributed by atoms with Crippen molar-refractivity contribution in [2.45, 2.75) is 32.2 Å². The number of aryl methyl sites for hydroxylation is 2. The number of hydrogen-bond donors (Lipinski definition) is 2. The lowest BCUT2D eigenvalue weighted by atomic mass is 10.2. The Balaban J connectivity index is 1.60. The molecule has 0 fully saturated rings. The van der Waals surface area contributed by atoms with Crippen LogP contribution in [0.5, 0.6) is 0 Å². The van der Waals surface area contributed by atoms with Crippen LogP contribution in [0.4, 0.5) is 5.13 Å².